The van der Waals surface area contributed by atoms with Crippen molar-refractivity contribution < 1.29 is 0 Å². The van der Waals surface area contributed by atoms with Crippen LogP contribution in [-0.2, 0) is 6.42 Å². The highest BCUT2D eigenvalue weighted by molar-refractivity contribution is 5.59. The van der Waals surface area contributed by atoms with Crippen LogP contribution in [0.1, 0.15) is 24.5 Å². The standard InChI is InChI=1S/C14H14N4/c1-2-3-10-4-6-11(7-5-10)14-17-9-12(8-15)13(16)18-14/h4-7,9H,2-3H2,1H3,(H2,16,17,18). The fraction of sp³-hybridized carbons (Fsp3) is 0.214. The number of rotatable bonds is 3. The van der Waals surface area contributed by atoms with Crippen molar-refractivity contribution in [1.29, 1.82) is 5.26 Å². The summed E-state index contributed by atoms with van der Waals surface area (Å²) in [6, 6.07) is 10.0. The largest absolute Gasteiger partial charge is 0.382 e. The molecular formula is C14H14N4. The molecule has 0 saturated heterocycles. The molecule has 4 heteroatoms. The maximum Gasteiger partial charge on any atom is 0.161 e. The second-order valence-corrected chi connectivity index (χ2v) is 4.05. The maximum absolute atomic E-state index is 8.77. The van der Waals surface area contributed by atoms with Crippen LogP contribution in [0.3, 0.4) is 0 Å². The van der Waals surface area contributed by atoms with Crippen molar-refractivity contribution in [2.24, 2.45) is 0 Å². The molecule has 1 heterocycles. The topological polar surface area (TPSA) is 75.6 Å². The van der Waals surface area contributed by atoms with Crippen LogP contribution in [0.15, 0.2) is 30.5 Å². The molecule has 0 radical (unpaired) electrons. The summed E-state index contributed by atoms with van der Waals surface area (Å²) in [4.78, 5) is 8.28. The lowest BCUT2D eigenvalue weighted by molar-refractivity contribution is 0.922. The molecule has 0 saturated carbocycles. The third-order valence-corrected chi connectivity index (χ3v) is 2.69. The average molecular weight is 238 g/mol. The van der Waals surface area contributed by atoms with Crippen molar-refractivity contribution in [2.45, 2.75) is 19.8 Å². The monoisotopic (exact) mass is 238 g/mol. The highest BCUT2D eigenvalue weighted by Gasteiger charge is 2.05. The first-order valence-electron chi connectivity index (χ1n) is 5.86. The zero-order chi connectivity index (χ0) is 13.0. The van der Waals surface area contributed by atoms with E-state index in [0.29, 0.717) is 11.4 Å². The van der Waals surface area contributed by atoms with E-state index < -0.39 is 0 Å². The molecule has 1 aromatic carbocycles. The van der Waals surface area contributed by atoms with E-state index in [1.807, 2.05) is 18.2 Å². The minimum Gasteiger partial charge on any atom is -0.382 e. The number of benzene rings is 1. The Kier molecular flexibility index (Phi) is 3.54. The number of nitrogen functional groups attached to an aromatic ring is 1. The number of anilines is 1. The molecule has 0 amide bonds. The molecule has 0 spiro atoms. The van der Waals surface area contributed by atoms with Crippen molar-refractivity contribution in [1.82, 2.24) is 9.97 Å². The predicted molar refractivity (Wildman–Crippen MR) is 70.6 cm³/mol. The first kappa shape index (κ1) is 12.1. The van der Waals surface area contributed by atoms with Crippen LogP contribution < -0.4 is 5.73 Å². The summed E-state index contributed by atoms with van der Waals surface area (Å²) in [5, 5.41) is 8.77. The van der Waals surface area contributed by atoms with Crippen molar-refractivity contribution in [2.75, 3.05) is 5.73 Å². The molecule has 2 aromatic rings. The van der Waals surface area contributed by atoms with Crippen LogP contribution in [0, 0.1) is 11.3 Å². The van der Waals surface area contributed by atoms with Crippen LogP contribution in [-0.4, -0.2) is 9.97 Å². The Labute approximate surface area is 106 Å². The second-order valence-electron chi connectivity index (χ2n) is 4.05. The quantitative estimate of drug-likeness (QED) is 0.891. The molecule has 1 aromatic heterocycles. The predicted octanol–water partition coefficient (Wildman–Crippen LogP) is 2.55. The molecule has 0 aliphatic carbocycles. The first-order chi connectivity index (χ1) is 8.74. The van der Waals surface area contributed by atoms with Crippen LogP contribution in [0.5, 0.6) is 0 Å². The molecule has 4 nitrogen and oxygen atoms in total. The molecule has 2 rings (SSSR count). The van der Waals surface area contributed by atoms with Gasteiger partial charge in [-0.2, -0.15) is 5.26 Å². The Bertz CT molecular complexity index is 582. The second kappa shape index (κ2) is 5.28. The van der Waals surface area contributed by atoms with E-state index >= 15 is 0 Å². The van der Waals surface area contributed by atoms with E-state index in [9.17, 15) is 0 Å². The fourth-order valence-electron chi connectivity index (χ4n) is 1.73. The minimum atomic E-state index is 0.222. The van der Waals surface area contributed by atoms with Crippen molar-refractivity contribution in [3.63, 3.8) is 0 Å². The lowest BCUT2D eigenvalue weighted by atomic mass is 10.1. The van der Waals surface area contributed by atoms with E-state index in [1.54, 1.807) is 0 Å². The summed E-state index contributed by atoms with van der Waals surface area (Å²) in [6.07, 6.45) is 3.65. The Balaban J connectivity index is 2.31. The van der Waals surface area contributed by atoms with Crippen LogP contribution in [0.25, 0.3) is 11.4 Å². The molecule has 0 atom stereocenters. The van der Waals surface area contributed by atoms with E-state index in [1.165, 1.54) is 11.8 Å². The number of nitriles is 1. The number of nitrogens with zero attached hydrogens (tertiary/aromatic N) is 3. The van der Waals surface area contributed by atoms with Crippen LogP contribution in [0.4, 0.5) is 5.82 Å². The van der Waals surface area contributed by atoms with Gasteiger partial charge >= 0.3 is 0 Å². The van der Waals surface area contributed by atoms with Gasteiger partial charge in [-0.25, -0.2) is 9.97 Å². The van der Waals surface area contributed by atoms with Gasteiger partial charge in [-0.05, 0) is 12.0 Å². The molecule has 0 fully saturated rings. The van der Waals surface area contributed by atoms with Gasteiger partial charge in [0.25, 0.3) is 0 Å². The average Bonchev–Trinajstić information content (AvgIpc) is 2.40. The van der Waals surface area contributed by atoms with Gasteiger partial charge in [0.2, 0.25) is 0 Å². The summed E-state index contributed by atoms with van der Waals surface area (Å²) in [6.45, 7) is 2.15. The Hall–Kier alpha value is -2.41. The van der Waals surface area contributed by atoms with E-state index in [0.717, 1.165) is 18.4 Å². The molecule has 0 unspecified atom stereocenters. The van der Waals surface area contributed by atoms with Crippen molar-refractivity contribution in [3.8, 4) is 17.5 Å². The fourth-order valence-corrected chi connectivity index (χ4v) is 1.73. The van der Waals surface area contributed by atoms with Gasteiger partial charge in [0.1, 0.15) is 17.5 Å². The number of hydrogen-bond donors (Lipinski definition) is 1. The number of aromatic nitrogens is 2. The molecule has 0 bridgehead atoms. The summed E-state index contributed by atoms with van der Waals surface area (Å²) in [5.41, 5.74) is 8.18. The van der Waals surface area contributed by atoms with Gasteiger partial charge in [0, 0.05) is 5.56 Å². The van der Waals surface area contributed by atoms with Gasteiger partial charge in [-0.3, -0.25) is 0 Å². The SMILES string of the molecule is CCCc1ccc(-c2ncc(C#N)c(N)n2)cc1. The Morgan fingerprint density at radius 2 is 2.00 bits per heavy atom. The summed E-state index contributed by atoms with van der Waals surface area (Å²) < 4.78 is 0. The van der Waals surface area contributed by atoms with E-state index in [2.05, 4.69) is 29.0 Å². The number of nitrogens with two attached hydrogens (primary N) is 1. The smallest absolute Gasteiger partial charge is 0.161 e. The summed E-state index contributed by atoms with van der Waals surface area (Å²) in [7, 11) is 0. The lowest BCUT2D eigenvalue weighted by Gasteiger charge is -2.03. The normalized spacial score (nSPS) is 10.0. The maximum atomic E-state index is 8.77. The Morgan fingerprint density at radius 3 is 2.56 bits per heavy atom. The highest BCUT2D eigenvalue weighted by atomic mass is 14.9. The van der Waals surface area contributed by atoms with Gasteiger partial charge in [-0.1, -0.05) is 37.6 Å². The third-order valence-electron chi connectivity index (χ3n) is 2.69. The van der Waals surface area contributed by atoms with E-state index in [-0.39, 0.29) is 5.82 Å². The Morgan fingerprint density at radius 1 is 1.28 bits per heavy atom. The molecule has 0 aliphatic rings. The van der Waals surface area contributed by atoms with Crippen LogP contribution in [0.2, 0.25) is 0 Å². The van der Waals surface area contributed by atoms with Gasteiger partial charge in [0.15, 0.2) is 5.82 Å². The molecular weight excluding hydrogens is 224 g/mol. The zero-order valence-corrected chi connectivity index (χ0v) is 10.2. The summed E-state index contributed by atoms with van der Waals surface area (Å²) >= 11 is 0. The van der Waals surface area contributed by atoms with Gasteiger partial charge in [0.05, 0.1) is 6.20 Å². The molecule has 2 N–H and O–H groups in total. The zero-order valence-electron chi connectivity index (χ0n) is 10.2. The number of aryl methyl sites for hydroxylation is 1. The molecule has 90 valence electrons. The van der Waals surface area contributed by atoms with E-state index in [4.69, 9.17) is 11.0 Å². The number of hydrogen-bond acceptors (Lipinski definition) is 4. The molecule has 0 aliphatic heterocycles. The third kappa shape index (κ3) is 2.46. The lowest BCUT2D eigenvalue weighted by Crippen LogP contribution is -1.99. The minimum absolute atomic E-state index is 0.222. The van der Waals surface area contributed by atoms with Crippen molar-refractivity contribution in [3.05, 3.63) is 41.6 Å². The summed E-state index contributed by atoms with van der Waals surface area (Å²) in [5.74, 6) is 0.773. The van der Waals surface area contributed by atoms with Crippen LogP contribution >= 0.6 is 0 Å². The van der Waals surface area contributed by atoms with Gasteiger partial charge in [-0.15, -0.1) is 0 Å². The van der Waals surface area contributed by atoms with Crippen molar-refractivity contribution >= 4 is 5.82 Å². The highest BCUT2D eigenvalue weighted by Crippen LogP contribution is 2.18. The molecule has 18 heavy (non-hydrogen) atoms. The first-order valence-corrected chi connectivity index (χ1v) is 5.86. The van der Waals surface area contributed by atoms with Gasteiger partial charge < -0.3 is 5.73 Å².